The van der Waals surface area contributed by atoms with Crippen LogP contribution in [0.25, 0.3) is 0 Å². The largest absolute Gasteiger partial charge is 0.375 e. The molecule has 0 aromatic heterocycles. The Balaban J connectivity index is 1.59. The highest BCUT2D eigenvalue weighted by molar-refractivity contribution is 4.96. The molecule has 2 aliphatic rings. The molecule has 2 rings (SSSR count). The molecule has 0 amide bonds. The number of hydrogen-bond acceptors (Lipinski definition) is 2. The Labute approximate surface area is 93.8 Å². The number of hydrogen-bond donors (Lipinski definition) is 1. The summed E-state index contributed by atoms with van der Waals surface area (Å²) in [6.07, 6.45) is 5.81. The second-order valence-electron chi connectivity index (χ2n) is 6.12. The lowest BCUT2D eigenvalue weighted by atomic mass is 10.1. The van der Waals surface area contributed by atoms with Crippen LogP contribution in [0.5, 0.6) is 0 Å². The minimum Gasteiger partial charge on any atom is -0.375 e. The average Bonchev–Trinajstić information content (AvgIpc) is 2.98. The van der Waals surface area contributed by atoms with E-state index in [1.807, 2.05) is 0 Å². The molecular weight excluding hydrogens is 186 g/mol. The predicted molar refractivity (Wildman–Crippen MR) is 62.9 cm³/mol. The molecule has 0 spiro atoms. The Morgan fingerprint density at radius 1 is 1.13 bits per heavy atom. The average molecular weight is 211 g/mol. The third kappa shape index (κ3) is 4.12. The second kappa shape index (κ2) is 4.42. The molecule has 2 aliphatic carbocycles. The maximum atomic E-state index is 5.72. The first-order chi connectivity index (χ1) is 7.06. The molecule has 2 nitrogen and oxygen atoms in total. The summed E-state index contributed by atoms with van der Waals surface area (Å²) in [5.74, 6) is 1.99. The van der Waals surface area contributed by atoms with Crippen molar-refractivity contribution in [1.29, 1.82) is 0 Å². The highest BCUT2D eigenvalue weighted by Crippen LogP contribution is 2.44. The Morgan fingerprint density at radius 3 is 2.07 bits per heavy atom. The second-order valence-corrected chi connectivity index (χ2v) is 6.12. The van der Waals surface area contributed by atoms with Crippen LogP contribution in [0.15, 0.2) is 0 Å². The first-order valence-corrected chi connectivity index (χ1v) is 6.43. The monoisotopic (exact) mass is 211 g/mol. The predicted octanol–water partition coefficient (Wildman–Crippen LogP) is 2.58. The molecule has 2 fully saturated rings. The SMILES string of the molecule is CC(C)(C)OCCNC(C1CC1)C1CC1. The molecule has 0 aromatic carbocycles. The van der Waals surface area contributed by atoms with E-state index in [9.17, 15) is 0 Å². The highest BCUT2D eigenvalue weighted by Gasteiger charge is 2.40. The van der Waals surface area contributed by atoms with Crippen molar-refractivity contribution in [3.63, 3.8) is 0 Å². The fourth-order valence-electron chi connectivity index (χ4n) is 2.21. The molecule has 0 bridgehead atoms. The highest BCUT2D eigenvalue weighted by atomic mass is 16.5. The lowest BCUT2D eigenvalue weighted by Crippen LogP contribution is -2.36. The first kappa shape index (κ1) is 11.4. The Bertz CT molecular complexity index is 189. The van der Waals surface area contributed by atoms with Crippen LogP contribution in [-0.2, 0) is 4.74 Å². The number of rotatable bonds is 6. The van der Waals surface area contributed by atoms with Gasteiger partial charge in [0.15, 0.2) is 0 Å². The summed E-state index contributed by atoms with van der Waals surface area (Å²) < 4.78 is 5.72. The quantitative estimate of drug-likeness (QED) is 0.682. The zero-order valence-electron chi connectivity index (χ0n) is 10.4. The van der Waals surface area contributed by atoms with Gasteiger partial charge >= 0.3 is 0 Å². The van der Waals surface area contributed by atoms with Crippen molar-refractivity contribution in [2.45, 2.75) is 58.1 Å². The van der Waals surface area contributed by atoms with Gasteiger partial charge in [0.05, 0.1) is 12.2 Å². The summed E-state index contributed by atoms with van der Waals surface area (Å²) >= 11 is 0. The molecule has 2 heteroatoms. The minimum atomic E-state index is 0.0103. The van der Waals surface area contributed by atoms with E-state index < -0.39 is 0 Å². The van der Waals surface area contributed by atoms with Crippen LogP contribution in [0, 0.1) is 11.8 Å². The van der Waals surface area contributed by atoms with Gasteiger partial charge in [-0.2, -0.15) is 0 Å². The van der Waals surface area contributed by atoms with E-state index in [0.717, 1.165) is 31.0 Å². The molecule has 0 radical (unpaired) electrons. The summed E-state index contributed by atoms with van der Waals surface area (Å²) in [5, 5.41) is 3.69. The zero-order valence-corrected chi connectivity index (χ0v) is 10.4. The standard InChI is InChI=1S/C13H25NO/c1-13(2,3)15-9-8-14-12(10-4-5-10)11-6-7-11/h10-12,14H,4-9H2,1-3H3. The molecule has 0 saturated heterocycles. The molecule has 0 heterocycles. The van der Waals surface area contributed by atoms with Crippen LogP contribution in [0.3, 0.4) is 0 Å². The van der Waals surface area contributed by atoms with Crippen molar-refractivity contribution in [3.05, 3.63) is 0 Å². The summed E-state index contributed by atoms with van der Waals surface area (Å²) in [5.41, 5.74) is 0.0103. The third-order valence-corrected chi connectivity index (χ3v) is 3.28. The van der Waals surface area contributed by atoms with Crippen molar-refractivity contribution < 1.29 is 4.74 Å². The molecular formula is C13H25NO. The Morgan fingerprint density at radius 2 is 1.67 bits per heavy atom. The van der Waals surface area contributed by atoms with E-state index in [-0.39, 0.29) is 5.60 Å². The van der Waals surface area contributed by atoms with Crippen molar-refractivity contribution in [2.24, 2.45) is 11.8 Å². The van der Waals surface area contributed by atoms with Crippen molar-refractivity contribution >= 4 is 0 Å². The van der Waals surface area contributed by atoms with Gasteiger partial charge in [-0.3, -0.25) is 0 Å². The van der Waals surface area contributed by atoms with Gasteiger partial charge in [-0.1, -0.05) is 0 Å². The van der Waals surface area contributed by atoms with Crippen molar-refractivity contribution in [3.8, 4) is 0 Å². The lowest BCUT2D eigenvalue weighted by Gasteiger charge is -2.22. The molecule has 1 N–H and O–H groups in total. The van der Waals surface area contributed by atoms with E-state index in [4.69, 9.17) is 4.74 Å². The molecule has 15 heavy (non-hydrogen) atoms. The van der Waals surface area contributed by atoms with E-state index in [1.54, 1.807) is 0 Å². The minimum absolute atomic E-state index is 0.0103. The van der Waals surface area contributed by atoms with Gasteiger partial charge in [0.2, 0.25) is 0 Å². The van der Waals surface area contributed by atoms with Gasteiger partial charge in [0.1, 0.15) is 0 Å². The maximum Gasteiger partial charge on any atom is 0.0599 e. The number of ether oxygens (including phenoxy) is 1. The van der Waals surface area contributed by atoms with Gasteiger partial charge in [-0.15, -0.1) is 0 Å². The summed E-state index contributed by atoms with van der Waals surface area (Å²) in [7, 11) is 0. The Kier molecular flexibility index (Phi) is 3.36. The molecule has 0 unspecified atom stereocenters. The van der Waals surface area contributed by atoms with Gasteiger partial charge in [-0.05, 0) is 58.3 Å². The normalized spacial score (nSPS) is 22.4. The molecule has 0 aliphatic heterocycles. The van der Waals surface area contributed by atoms with E-state index in [1.165, 1.54) is 25.7 Å². The molecule has 0 atom stereocenters. The lowest BCUT2D eigenvalue weighted by molar-refractivity contribution is -0.00204. The van der Waals surface area contributed by atoms with Gasteiger partial charge < -0.3 is 10.1 Å². The zero-order chi connectivity index (χ0) is 10.9. The van der Waals surface area contributed by atoms with Crippen LogP contribution < -0.4 is 5.32 Å². The molecule has 0 aromatic rings. The smallest absolute Gasteiger partial charge is 0.0599 e. The first-order valence-electron chi connectivity index (χ1n) is 6.43. The van der Waals surface area contributed by atoms with Crippen LogP contribution in [0.2, 0.25) is 0 Å². The van der Waals surface area contributed by atoms with Crippen LogP contribution in [-0.4, -0.2) is 24.8 Å². The maximum absolute atomic E-state index is 5.72. The van der Waals surface area contributed by atoms with Crippen LogP contribution >= 0.6 is 0 Å². The van der Waals surface area contributed by atoms with Crippen LogP contribution in [0.1, 0.15) is 46.5 Å². The Hall–Kier alpha value is -0.0800. The van der Waals surface area contributed by atoms with E-state index >= 15 is 0 Å². The van der Waals surface area contributed by atoms with Crippen LogP contribution in [0.4, 0.5) is 0 Å². The summed E-state index contributed by atoms with van der Waals surface area (Å²) in [6, 6.07) is 0.813. The topological polar surface area (TPSA) is 21.3 Å². The van der Waals surface area contributed by atoms with Gasteiger partial charge in [0.25, 0.3) is 0 Å². The molecule has 2 saturated carbocycles. The van der Waals surface area contributed by atoms with E-state index in [0.29, 0.717) is 0 Å². The fourth-order valence-corrected chi connectivity index (χ4v) is 2.21. The summed E-state index contributed by atoms with van der Waals surface area (Å²) in [6.45, 7) is 8.22. The molecule has 88 valence electrons. The van der Waals surface area contributed by atoms with Gasteiger partial charge in [0, 0.05) is 12.6 Å². The number of nitrogens with one attached hydrogen (secondary N) is 1. The van der Waals surface area contributed by atoms with E-state index in [2.05, 4.69) is 26.1 Å². The van der Waals surface area contributed by atoms with Crippen molar-refractivity contribution in [1.82, 2.24) is 5.32 Å². The van der Waals surface area contributed by atoms with Crippen molar-refractivity contribution in [2.75, 3.05) is 13.2 Å². The fraction of sp³-hybridized carbons (Fsp3) is 1.00. The van der Waals surface area contributed by atoms with Gasteiger partial charge in [-0.25, -0.2) is 0 Å². The third-order valence-electron chi connectivity index (χ3n) is 3.28. The summed E-state index contributed by atoms with van der Waals surface area (Å²) in [4.78, 5) is 0.